The Kier molecular flexibility index (Phi) is 13.1. The quantitative estimate of drug-likeness (QED) is 0.291. The molecule has 6 nitrogen and oxygen atoms in total. The van der Waals surface area contributed by atoms with Crippen molar-refractivity contribution in [3.05, 3.63) is 0 Å². The number of unbranched alkanes of at least 4 members (excludes halogenated alkanes) is 4. The van der Waals surface area contributed by atoms with E-state index in [2.05, 4.69) is 18.7 Å². The molecule has 0 aliphatic heterocycles. The lowest BCUT2D eigenvalue weighted by atomic mass is 10.0. The van der Waals surface area contributed by atoms with Crippen LogP contribution in [-0.4, -0.2) is 81.1 Å². The van der Waals surface area contributed by atoms with Gasteiger partial charge in [0.25, 0.3) is 0 Å². The van der Waals surface area contributed by atoms with Crippen LogP contribution in [0.3, 0.4) is 0 Å². The summed E-state index contributed by atoms with van der Waals surface area (Å²) in [6, 6.07) is 0. The maximum Gasteiger partial charge on any atom is 0.111 e. The zero-order valence-electron chi connectivity index (χ0n) is 14.1. The van der Waals surface area contributed by atoms with Crippen molar-refractivity contribution >= 4 is 0 Å². The average Bonchev–Trinajstić information content (AvgIpc) is 2.53. The monoisotopic (exact) mass is 321 g/mol. The Morgan fingerprint density at radius 1 is 0.727 bits per heavy atom. The summed E-state index contributed by atoms with van der Waals surface area (Å²) in [5, 5.41) is 47.7. The summed E-state index contributed by atoms with van der Waals surface area (Å²) in [6.07, 6.45) is 0.989. The lowest BCUT2D eigenvalue weighted by molar-refractivity contribution is -0.119. The predicted octanol–water partition coefficient (Wildman–Crippen LogP) is 0.105. The molecule has 0 fully saturated rings. The summed E-state index contributed by atoms with van der Waals surface area (Å²) in [6.45, 7) is 5.54. The number of rotatable bonds is 14. The van der Waals surface area contributed by atoms with Gasteiger partial charge in [0.15, 0.2) is 0 Å². The largest absolute Gasteiger partial charge is 0.394 e. The molecule has 5 N–H and O–H groups in total. The molecule has 0 aromatic carbocycles. The highest BCUT2D eigenvalue weighted by molar-refractivity contribution is 4.82. The Balaban J connectivity index is 4.35. The molecule has 0 aromatic rings. The van der Waals surface area contributed by atoms with E-state index in [1.165, 1.54) is 12.8 Å². The van der Waals surface area contributed by atoms with Gasteiger partial charge in [0.2, 0.25) is 0 Å². The van der Waals surface area contributed by atoms with Crippen molar-refractivity contribution in [3.8, 4) is 0 Å². The number of aliphatic hydroxyl groups is 5. The Morgan fingerprint density at radius 3 is 1.82 bits per heavy atom. The highest BCUT2D eigenvalue weighted by Gasteiger charge is 2.30. The molecule has 0 bridgehead atoms. The van der Waals surface area contributed by atoms with E-state index in [0.717, 1.165) is 38.8 Å². The van der Waals surface area contributed by atoms with Gasteiger partial charge < -0.3 is 30.4 Å². The van der Waals surface area contributed by atoms with Crippen LogP contribution in [0.1, 0.15) is 52.4 Å². The van der Waals surface area contributed by atoms with E-state index in [1.807, 2.05) is 0 Å². The summed E-state index contributed by atoms with van der Waals surface area (Å²) in [4.78, 5) is 2.09. The third-order valence-electron chi connectivity index (χ3n) is 3.93. The molecule has 0 amide bonds. The molecule has 0 aromatic heterocycles. The number of aliphatic hydroxyl groups excluding tert-OH is 5. The van der Waals surface area contributed by atoms with Gasteiger partial charge in [-0.3, -0.25) is 0 Å². The van der Waals surface area contributed by atoms with Gasteiger partial charge in [0, 0.05) is 6.54 Å². The molecule has 0 aliphatic carbocycles. The van der Waals surface area contributed by atoms with Crippen LogP contribution in [0, 0.1) is 0 Å². The smallest absolute Gasteiger partial charge is 0.111 e. The fourth-order valence-corrected chi connectivity index (χ4v) is 2.37. The standard InChI is InChI=1S/C16H35NO5/c1-3-5-7-8-10-17(9-6-4-2)11-13(19)15(21)16(22)14(20)12-18/h13-16,18-22H,3-12H2,1-2H3/t13-,14+,15+,16+/m0/s1. The minimum atomic E-state index is -1.55. The Bertz CT molecular complexity index is 255. The molecule has 4 atom stereocenters. The fraction of sp³-hybridized carbons (Fsp3) is 1.00. The number of hydrogen-bond donors (Lipinski definition) is 5. The van der Waals surface area contributed by atoms with Crippen molar-refractivity contribution in [1.29, 1.82) is 0 Å². The fourth-order valence-electron chi connectivity index (χ4n) is 2.37. The van der Waals surface area contributed by atoms with Crippen molar-refractivity contribution in [1.82, 2.24) is 4.90 Å². The Hall–Kier alpha value is -0.240. The lowest BCUT2D eigenvalue weighted by Crippen LogP contribution is -2.50. The maximum absolute atomic E-state index is 10.1. The number of nitrogens with zero attached hydrogens (tertiary/aromatic N) is 1. The van der Waals surface area contributed by atoms with Gasteiger partial charge in [-0.05, 0) is 25.9 Å². The minimum Gasteiger partial charge on any atom is -0.394 e. The molecular formula is C16H35NO5. The van der Waals surface area contributed by atoms with E-state index in [1.54, 1.807) is 0 Å². The molecule has 0 aliphatic rings. The van der Waals surface area contributed by atoms with E-state index in [9.17, 15) is 20.4 Å². The van der Waals surface area contributed by atoms with E-state index in [0.29, 0.717) is 0 Å². The normalized spacial score (nSPS) is 17.5. The van der Waals surface area contributed by atoms with E-state index >= 15 is 0 Å². The van der Waals surface area contributed by atoms with Crippen molar-refractivity contribution in [3.63, 3.8) is 0 Å². The van der Waals surface area contributed by atoms with Crippen LogP contribution in [0.2, 0.25) is 0 Å². The van der Waals surface area contributed by atoms with Crippen LogP contribution in [0.25, 0.3) is 0 Å². The molecule has 0 unspecified atom stereocenters. The predicted molar refractivity (Wildman–Crippen MR) is 86.6 cm³/mol. The van der Waals surface area contributed by atoms with E-state index in [-0.39, 0.29) is 6.54 Å². The maximum atomic E-state index is 10.1. The zero-order chi connectivity index (χ0) is 17.0. The lowest BCUT2D eigenvalue weighted by Gasteiger charge is -2.30. The Morgan fingerprint density at radius 2 is 1.27 bits per heavy atom. The zero-order valence-corrected chi connectivity index (χ0v) is 14.1. The molecule has 6 heteroatoms. The van der Waals surface area contributed by atoms with E-state index in [4.69, 9.17) is 5.11 Å². The molecule has 22 heavy (non-hydrogen) atoms. The summed E-state index contributed by atoms with van der Waals surface area (Å²) < 4.78 is 0. The number of hydrogen-bond acceptors (Lipinski definition) is 6. The van der Waals surface area contributed by atoms with Gasteiger partial charge in [-0.15, -0.1) is 0 Å². The second kappa shape index (κ2) is 13.2. The van der Waals surface area contributed by atoms with Gasteiger partial charge in [0.1, 0.15) is 18.3 Å². The van der Waals surface area contributed by atoms with Crippen LogP contribution < -0.4 is 0 Å². The topological polar surface area (TPSA) is 104 Å². The average molecular weight is 321 g/mol. The van der Waals surface area contributed by atoms with Crippen molar-refractivity contribution in [2.75, 3.05) is 26.2 Å². The van der Waals surface area contributed by atoms with Crippen molar-refractivity contribution < 1.29 is 25.5 Å². The third kappa shape index (κ3) is 9.02. The highest BCUT2D eigenvalue weighted by atomic mass is 16.4. The van der Waals surface area contributed by atoms with Gasteiger partial charge in [0.05, 0.1) is 12.7 Å². The van der Waals surface area contributed by atoms with Gasteiger partial charge in [-0.2, -0.15) is 0 Å². The van der Waals surface area contributed by atoms with Crippen LogP contribution in [-0.2, 0) is 0 Å². The first-order valence-corrected chi connectivity index (χ1v) is 8.53. The van der Waals surface area contributed by atoms with Gasteiger partial charge in [-0.1, -0.05) is 39.5 Å². The third-order valence-corrected chi connectivity index (χ3v) is 3.93. The molecular weight excluding hydrogens is 286 g/mol. The van der Waals surface area contributed by atoms with Crippen LogP contribution >= 0.6 is 0 Å². The Labute approximate surface area is 134 Å². The summed E-state index contributed by atoms with van der Waals surface area (Å²) in [7, 11) is 0. The SMILES string of the molecule is CCCCCCN(CCCC)C[C@H](O)[C@@H](O)[C@H](O)[C@H](O)CO. The second-order valence-corrected chi connectivity index (χ2v) is 6.01. The minimum absolute atomic E-state index is 0.252. The first kappa shape index (κ1) is 21.8. The van der Waals surface area contributed by atoms with E-state index < -0.39 is 31.0 Å². The molecule has 0 radical (unpaired) electrons. The summed E-state index contributed by atoms with van der Waals surface area (Å²) >= 11 is 0. The van der Waals surface area contributed by atoms with Crippen molar-refractivity contribution in [2.24, 2.45) is 0 Å². The molecule has 0 saturated carbocycles. The summed E-state index contributed by atoms with van der Waals surface area (Å²) in [5.41, 5.74) is 0. The first-order chi connectivity index (χ1) is 10.5. The van der Waals surface area contributed by atoms with Gasteiger partial charge >= 0.3 is 0 Å². The van der Waals surface area contributed by atoms with Crippen LogP contribution in [0.5, 0.6) is 0 Å². The van der Waals surface area contributed by atoms with Crippen LogP contribution in [0.15, 0.2) is 0 Å². The molecule has 0 heterocycles. The first-order valence-electron chi connectivity index (χ1n) is 8.53. The van der Waals surface area contributed by atoms with Gasteiger partial charge in [-0.25, -0.2) is 0 Å². The molecule has 0 spiro atoms. The van der Waals surface area contributed by atoms with Crippen molar-refractivity contribution in [2.45, 2.75) is 76.8 Å². The second-order valence-electron chi connectivity index (χ2n) is 6.01. The molecule has 0 saturated heterocycles. The molecule has 0 rings (SSSR count). The molecule has 134 valence electrons. The summed E-state index contributed by atoms with van der Waals surface area (Å²) in [5.74, 6) is 0. The highest BCUT2D eigenvalue weighted by Crippen LogP contribution is 2.09. The van der Waals surface area contributed by atoms with Crippen LogP contribution in [0.4, 0.5) is 0 Å².